The van der Waals surface area contributed by atoms with E-state index in [1.165, 1.54) is 78.4 Å². The van der Waals surface area contributed by atoms with Crippen LogP contribution in [0.25, 0.3) is 0 Å². The third-order valence-electron chi connectivity index (χ3n) is 10.8. The van der Waals surface area contributed by atoms with Crippen LogP contribution in [0.1, 0.15) is 193 Å². The van der Waals surface area contributed by atoms with E-state index in [1.807, 2.05) is 12.1 Å². The lowest BCUT2D eigenvalue weighted by atomic mass is 9.83. The predicted octanol–water partition coefficient (Wildman–Crippen LogP) is 15.9. The number of allylic oxidation sites excluding steroid dienone is 16. The van der Waals surface area contributed by atoms with E-state index in [9.17, 15) is 9.59 Å². The van der Waals surface area contributed by atoms with Gasteiger partial charge in [-0.25, -0.2) is 0 Å². The monoisotopic (exact) mass is 719 g/mol. The van der Waals surface area contributed by atoms with Gasteiger partial charge in [0.15, 0.2) is 11.6 Å². The maximum Gasteiger partial charge on any atom is 0.190 e. The molecule has 290 valence electrons. The average molecular weight is 719 g/mol. The Hall–Kier alpha value is -3.52. The van der Waals surface area contributed by atoms with E-state index in [4.69, 9.17) is 0 Å². The van der Waals surface area contributed by atoms with Gasteiger partial charge in [-0.1, -0.05) is 119 Å². The van der Waals surface area contributed by atoms with Gasteiger partial charge in [0.2, 0.25) is 0 Å². The summed E-state index contributed by atoms with van der Waals surface area (Å²) in [4.78, 5) is 25.8. The molecule has 1 aliphatic rings. The van der Waals surface area contributed by atoms with Gasteiger partial charge >= 0.3 is 0 Å². The molecule has 0 saturated heterocycles. The maximum absolute atomic E-state index is 13.0. The van der Waals surface area contributed by atoms with Crippen LogP contribution in [0.15, 0.2) is 117 Å². The second-order valence-electron chi connectivity index (χ2n) is 16.4. The van der Waals surface area contributed by atoms with Crippen molar-refractivity contribution in [3.05, 3.63) is 128 Å². The minimum absolute atomic E-state index is 0.00745. The first-order valence-corrected chi connectivity index (χ1v) is 20.7. The number of carbonyl (C=O) groups excluding carboxylic acids is 2. The van der Waals surface area contributed by atoms with Crippen LogP contribution >= 0.6 is 0 Å². The normalized spacial score (nSPS) is 15.7. The quantitative estimate of drug-likeness (QED) is 0.0997. The number of fused-ring (bicyclic) bond motifs is 1. The van der Waals surface area contributed by atoms with Crippen LogP contribution in [-0.2, 0) is 0 Å². The van der Waals surface area contributed by atoms with Crippen molar-refractivity contribution >= 4 is 11.6 Å². The molecule has 0 radical (unpaired) electrons. The molecule has 1 aliphatic carbocycles. The van der Waals surface area contributed by atoms with Gasteiger partial charge in [-0.3, -0.25) is 9.59 Å². The Morgan fingerprint density at radius 3 is 1.34 bits per heavy atom. The number of rotatable bonds is 24. The molecule has 1 atom stereocenters. The zero-order chi connectivity index (χ0) is 39.2. The van der Waals surface area contributed by atoms with Crippen LogP contribution < -0.4 is 0 Å². The van der Waals surface area contributed by atoms with Gasteiger partial charge < -0.3 is 0 Å². The third-order valence-corrected chi connectivity index (χ3v) is 10.8. The van der Waals surface area contributed by atoms with E-state index < -0.39 is 0 Å². The van der Waals surface area contributed by atoms with Gasteiger partial charge in [0.1, 0.15) is 0 Å². The first kappa shape index (κ1) is 45.6. The summed E-state index contributed by atoms with van der Waals surface area (Å²) >= 11 is 0. The van der Waals surface area contributed by atoms with Gasteiger partial charge in [-0.05, 0) is 165 Å². The molecule has 0 aromatic heterocycles. The molecule has 1 aromatic carbocycles. The first-order valence-electron chi connectivity index (χ1n) is 20.7. The smallest absolute Gasteiger partial charge is 0.190 e. The lowest BCUT2D eigenvalue weighted by Crippen LogP contribution is -2.20. The lowest BCUT2D eigenvalue weighted by Gasteiger charge is -2.18. The Balaban J connectivity index is 1.61. The fourth-order valence-corrected chi connectivity index (χ4v) is 6.95. The number of benzene rings is 1. The van der Waals surface area contributed by atoms with Crippen LogP contribution in [-0.4, -0.2) is 11.6 Å². The molecular formula is C51H74O2. The van der Waals surface area contributed by atoms with Crippen LogP contribution in [0.2, 0.25) is 0 Å². The van der Waals surface area contributed by atoms with Crippen LogP contribution in [0.4, 0.5) is 0 Å². The highest BCUT2D eigenvalue weighted by Crippen LogP contribution is 2.29. The van der Waals surface area contributed by atoms with Crippen molar-refractivity contribution in [3.8, 4) is 0 Å². The number of hydrogen-bond acceptors (Lipinski definition) is 2. The fourth-order valence-electron chi connectivity index (χ4n) is 6.95. The van der Waals surface area contributed by atoms with Crippen molar-refractivity contribution in [1.82, 2.24) is 0 Å². The number of carbonyl (C=O) groups is 2. The Morgan fingerprint density at radius 1 is 0.509 bits per heavy atom. The molecule has 2 nitrogen and oxygen atoms in total. The Bertz CT molecular complexity index is 1590. The zero-order valence-corrected chi connectivity index (χ0v) is 35.6. The molecule has 0 saturated carbocycles. The van der Waals surface area contributed by atoms with Crippen molar-refractivity contribution in [2.75, 3.05) is 0 Å². The molecule has 0 bridgehead atoms. The summed E-state index contributed by atoms with van der Waals surface area (Å²) in [5, 5.41) is 0. The zero-order valence-electron chi connectivity index (χ0n) is 35.6. The molecule has 0 aliphatic heterocycles. The largest absolute Gasteiger partial charge is 0.289 e. The third kappa shape index (κ3) is 18.9. The molecule has 0 N–H and O–H groups in total. The number of hydrogen-bond donors (Lipinski definition) is 0. The van der Waals surface area contributed by atoms with Gasteiger partial charge in [-0.15, -0.1) is 0 Å². The maximum atomic E-state index is 13.0. The molecule has 1 aromatic rings. The Labute approximate surface area is 326 Å². The standard InChI is InChI=1S/C51H74O2/c1-38(2)20-13-21-39(3)22-14-23-40(4)24-15-25-41(5)26-16-27-42(6)28-17-29-43(7)30-18-31-44(8)32-19-33-45(9)36-37-47-46(10)50(52)48-34-11-12-35-49(48)51(47)53/h11-12,20,24,26,28,30,32,34-36,39H,13-19,21-23,25,27,29,31,33,37H2,1-10H3. The molecular weight excluding hydrogens is 645 g/mol. The summed E-state index contributed by atoms with van der Waals surface area (Å²) in [5.41, 5.74) is 12.5. The van der Waals surface area contributed by atoms with Crippen molar-refractivity contribution in [2.24, 2.45) is 5.92 Å². The van der Waals surface area contributed by atoms with Crippen LogP contribution in [0.3, 0.4) is 0 Å². The Kier molecular flexibility index (Phi) is 21.9. The van der Waals surface area contributed by atoms with Gasteiger partial charge in [0.05, 0.1) is 0 Å². The van der Waals surface area contributed by atoms with E-state index in [2.05, 4.69) is 105 Å². The van der Waals surface area contributed by atoms with E-state index in [0.29, 0.717) is 28.7 Å². The van der Waals surface area contributed by atoms with Crippen molar-refractivity contribution in [1.29, 1.82) is 0 Å². The van der Waals surface area contributed by atoms with Crippen molar-refractivity contribution < 1.29 is 9.59 Å². The summed E-state index contributed by atoms with van der Waals surface area (Å²) in [6.45, 7) is 22.1. The summed E-state index contributed by atoms with van der Waals surface area (Å²) in [7, 11) is 0. The highest BCUT2D eigenvalue weighted by atomic mass is 16.1. The number of ketones is 2. The average Bonchev–Trinajstić information content (AvgIpc) is 3.10. The summed E-state index contributed by atoms with van der Waals surface area (Å²) in [5.74, 6) is 0.797. The highest BCUT2D eigenvalue weighted by molar-refractivity contribution is 6.26. The molecule has 53 heavy (non-hydrogen) atoms. The predicted molar refractivity (Wildman–Crippen MR) is 233 cm³/mol. The molecule has 2 heteroatoms. The second kappa shape index (κ2) is 25.5. The second-order valence-corrected chi connectivity index (χ2v) is 16.4. The van der Waals surface area contributed by atoms with Crippen molar-refractivity contribution in [2.45, 2.75) is 172 Å². The molecule has 0 fully saturated rings. The lowest BCUT2D eigenvalue weighted by molar-refractivity contribution is 0.0973. The fraction of sp³-hybridized carbons (Fsp3) is 0.529. The molecule has 0 amide bonds. The van der Waals surface area contributed by atoms with E-state index >= 15 is 0 Å². The molecule has 1 unspecified atom stereocenters. The minimum Gasteiger partial charge on any atom is -0.289 e. The van der Waals surface area contributed by atoms with E-state index in [-0.39, 0.29) is 11.6 Å². The number of Topliss-reactive ketones (excluding diaryl/α,β-unsaturated/α-hetero) is 2. The summed E-state index contributed by atoms with van der Waals surface area (Å²) in [6.07, 6.45) is 34.7. The highest BCUT2D eigenvalue weighted by Gasteiger charge is 2.28. The molecule has 0 spiro atoms. The van der Waals surface area contributed by atoms with Gasteiger partial charge in [0.25, 0.3) is 0 Å². The SMILES string of the molecule is CC(C)=CCCC(C)CCCC(C)=CCCC(C)=CCCC(C)=CCCC(C)=CCCC(C)=CCCC(C)=CCC1=C(C)C(=O)c2ccccc2C1=O. The molecule has 2 rings (SSSR count). The summed E-state index contributed by atoms with van der Waals surface area (Å²) < 4.78 is 0. The van der Waals surface area contributed by atoms with Crippen LogP contribution in [0.5, 0.6) is 0 Å². The van der Waals surface area contributed by atoms with E-state index in [0.717, 1.165) is 57.3 Å². The van der Waals surface area contributed by atoms with Gasteiger partial charge in [0, 0.05) is 22.3 Å². The first-order chi connectivity index (χ1) is 25.3. The van der Waals surface area contributed by atoms with E-state index in [1.54, 1.807) is 24.6 Å². The Morgan fingerprint density at radius 2 is 0.906 bits per heavy atom. The van der Waals surface area contributed by atoms with Crippen molar-refractivity contribution in [3.63, 3.8) is 0 Å². The topological polar surface area (TPSA) is 34.1 Å². The minimum atomic E-state index is -0.0220. The summed E-state index contributed by atoms with van der Waals surface area (Å²) in [6, 6.07) is 7.16. The van der Waals surface area contributed by atoms with Gasteiger partial charge in [-0.2, -0.15) is 0 Å². The van der Waals surface area contributed by atoms with Crippen LogP contribution in [0, 0.1) is 5.92 Å². The molecule has 0 heterocycles.